The molecular weight excluding hydrogens is 264 g/mol. The van der Waals surface area contributed by atoms with Gasteiger partial charge < -0.3 is 12.7 Å². The van der Waals surface area contributed by atoms with Crippen LogP contribution >= 0.6 is 0 Å². The third kappa shape index (κ3) is 6.18. The molecule has 0 aliphatic heterocycles. The summed E-state index contributed by atoms with van der Waals surface area (Å²) in [4.78, 5) is 0. The maximum Gasteiger partial charge on any atom is 0.383 e. The van der Waals surface area contributed by atoms with E-state index in [-0.39, 0.29) is 0 Å². The van der Waals surface area contributed by atoms with Crippen LogP contribution in [0.3, 0.4) is 0 Å². The van der Waals surface area contributed by atoms with Crippen LogP contribution in [0.25, 0.3) is 0 Å². The highest BCUT2D eigenvalue weighted by Crippen LogP contribution is 2.22. The third-order valence-corrected chi connectivity index (χ3v) is 11.9. The summed E-state index contributed by atoms with van der Waals surface area (Å²) < 4.78 is 17.7. The Balaban J connectivity index is 4.85. The highest BCUT2D eigenvalue weighted by Gasteiger charge is 2.41. The molecule has 0 radical (unpaired) electrons. The Bertz CT molecular complexity index is 302. The Kier molecular flexibility index (Phi) is 5.82. The smallest absolute Gasteiger partial charge is 0.383 e. The lowest BCUT2D eigenvalue weighted by Crippen LogP contribution is -2.53. The second-order valence-electron chi connectivity index (χ2n) is 4.92. The molecule has 98 valence electrons. The van der Waals surface area contributed by atoms with Gasteiger partial charge in [0.1, 0.15) is 0 Å². The molecule has 0 bridgehead atoms. The van der Waals surface area contributed by atoms with Crippen LogP contribution in [0.5, 0.6) is 0 Å². The molecule has 0 rings (SSSR count). The number of rotatable bonds is 8. The minimum Gasteiger partial charge on any atom is -0.528 e. The highest BCUT2D eigenvalue weighted by atomic mass is 28.5. The Morgan fingerprint density at radius 3 is 1.71 bits per heavy atom. The summed E-state index contributed by atoms with van der Waals surface area (Å²) in [5.41, 5.74) is 3.69. The highest BCUT2D eigenvalue weighted by molar-refractivity contribution is 6.90. The minimum atomic E-state index is -2.41. The molecule has 17 heavy (non-hydrogen) atoms. The van der Waals surface area contributed by atoms with E-state index in [2.05, 4.69) is 32.8 Å². The van der Waals surface area contributed by atoms with E-state index in [0.717, 1.165) is 0 Å². The van der Waals surface area contributed by atoms with Gasteiger partial charge in [-0.15, -0.1) is 13.2 Å². The first-order valence-corrected chi connectivity index (χ1v) is 13.8. The van der Waals surface area contributed by atoms with Crippen molar-refractivity contribution >= 4 is 25.4 Å². The predicted molar refractivity (Wildman–Crippen MR) is 80.4 cm³/mol. The first-order chi connectivity index (χ1) is 7.60. The van der Waals surface area contributed by atoms with Gasteiger partial charge in [0.2, 0.25) is 0 Å². The van der Waals surface area contributed by atoms with Crippen LogP contribution in [0.1, 0.15) is 0 Å². The van der Waals surface area contributed by atoms with Gasteiger partial charge in [0.05, 0.1) is 6.26 Å². The molecule has 0 amide bonds. The lowest BCUT2D eigenvalue weighted by atomic mass is 11.2. The molecule has 0 aromatic carbocycles. The van der Waals surface area contributed by atoms with Crippen LogP contribution in [0, 0.1) is 0 Å². The largest absolute Gasteiger partial charge is 0.528 e. The first-order valence-electron chi connectivity index (χ1n) is 5.56. The molecule has 0 saturated carbocycles. The number of hydrogen-bond acceptors (Lipinski definition) is 3. The van der Waals surface area contributed by atoms with Gasteiger partial charge in [-0.25, -0.2) is 0 Å². The molecule has 0 heterocycles. The zero-order valence-corrected chi connectivity index (χ0v) is 14.6. The normalized spacial score (nSPS) is 15.8. The van der Waals surface area contributed by atoms with Crippen molar-refractivity contribution in [1.82, 2.24) is 0 Å². The maximum atomic E-state index is 6.15. The topological polar surface area (TPSA) is 27.7 Å². The average Bonchev–Trinajstić information content (AvgIpc) is 2.15. The summed E-state index contributed by atoms with van der Waals surface area (Å²) in [5.74, 6) is 0. The van der Waals surface area contributed by atoms with Gasteiger partial charge in [0.25, 0.3) is 0 Å². The molecule has 6 heteroatoms. The van der Waals surface area contributed by atoms with Gasteiger partial charge in [-0.1, -0.05) is 18.0 Å². The summed E-state index contributed by atoms with van der Waals surface area (Å²) in [5, 5.41) is 0. The predicted octanol–water partition coefficient (Wildman–Crippen LogP) is 3.61. The van der Waals surface area contributed by atoms with Gasteiger partial charge in [-0.05, 0) is 32.7 Å². The third-order valence-electron chi connectivity index (χ3n) is 2.14. The van der Waals surface area contributed by atoms with Crippen molar-refractivity contribution in [2.24, 2.45) is 0 Å². The van der Waals surface area contributed by atoms with E-state index < -0.39 is 25.4 Å². The summed E-state index contributed by atoms with van der Waals surface area (Å²) in [6.07, 6.45) is 1.43. The van der Waals surface area contributed by atoms with Gasteiger partial charge in [-0.3, -0.25) is 0 Å². The van der Waals surface area contributed by atoms with E-state index in [4.69, 9.17) is 12.7 Å². The molecule has 0 aromatic heterocycles. The second-order valence-corrected chi connectivity index (χ2v) is 15.6. The molecule has 0 aliphatic rings. The standard InChI is InChI=1S/C11H24O3Si3/c1-9-12-16(6,7)14-17(8,11-3)13-15(4,5)10-2/h9-11H,1-3H2,4-8H3. The van der Waals surface area contributed by atoms with Crippen molar-refractivity contribution in [3.05, 3.63) is 37.4 Å². The van der Waals surface area contributed by atoms with Crippen molar-refractivity contribution in [3.8, 4) is 0 Å². The van der Waals surface area contributed by atoms with Gasteiger partial charge >= 0.3 is 17.1 Å². The average molecular weight is 289 g/mol. The molecule has 0 aromatic rings. The van der Waals surface area contributed by atoms with Gasteiger partial charge in [0, 0.05) is 0 Å². The molecular formula is C11H24O3Si3. The molecule has 0 saturated heterocycles. The molecule has 1 unspecified atom stereocenters. The van der Waals surface area contributed by atoms with Crippen molar-refractivity contribution in [2.45, 2.75) is 32.7 Å². The zero-order chi connectivity index (χ0) is 13.7. The van der Waals surface area contributed by atoms with E-state index in [0.29, 0.717) is 0 Å². The van der Waals surface area contributed by atoms with Crippen LogP contribution in [0.15, 0.2) is 37.4 Å². The maximum absolute atomic E-state index is 6.15. The van der Waals surface area contributed by atoms with Crippen molar-refractivity contribution < 1.29 is 12.7 Å². The van der Waals surface area contributed by atoms with Crippen LogP contribution in [-0.2, 0) is 12.7 Å². The Morgan fingerprint density at radius 2 is 1.35 bits per heavy atom. The SMILES string of the molecule is C=CO[Si](C)(C)O[Si](C)(C=C)O[Si](C)(C)C=C. The molecule has 1 atom stereocenters. The van der Waals surface area contributed by atoms with Crippen LogP contribution in [-0.4, -0.2) is 25.4 Å². The summed E-state index contributed by atoms with van der Waals surface area (Å²) in [6, 6.07) is 0. The summed E-state index contributed by atoms with van der Waals surface area (Å²) in [6.45, 7) is 21.3. The zero-order valence-electron chi connectivity index (χ0n) is 11.6. The molecule has 0 fully saturated rings. The monoisotopic (exact) mass is 288 g/mol. The molecule has 0 spiro atoms. The van der Waals surface area contributed by atoms with E-state index in [1.807, 2.05) is 25.3 Å². The lowest BCUT2D eigenvalue weighted by Gasteiger charge is -2.36. The van der Waals surface area contributed by atoms with Gasteiger partial charge in [-0.2, -0.15) is 0 Å². The summed E-state index contributed by atoms with van der Waals surface area (Å²) >= 11 is 0. The van der Waals surface area contributed by atoms with E-state index in [1.54, 1.807) is 5.70 Å². The Morgan fingerprint density at radius 1 is 0.824 bits per heavy atom. The molecule has 0 N–H and O–H groups in total. The second kappa shape index (κ2) is 5.96. The number of hydrogen-bond donors (Lipinski definition) is 0. The van der Waals surface area contributed by atoms with Crippen molar-refractivity contribution in [3.63, 3.8) is 0 Å². The Hall–Kier alpha value is -0.409. The van der Waals surface area contributed by atoms with E-state index in [1.165, 1.54) is 6.26 Å². The fourth-order valence-corrected chi connectivity index (χ4v) is 11.6. The fraction of sp³-hybridized carbons (Fsp3) is 0.455. The fourth-order valence-electron chi connectivity index (χ4n) is 1.38. The quantitative estimate of drug-likeness (QED) is 0.504. The van der Waals surface area contributed by atoms with E-state index >= 15 is 0 Å². The van der Waals surface area contributed by atoms with Crippen molar-refractivity contribution in [1.29, 1.82) is 0 Å². The van der Waals surface area contributed by atoms with Crippen molar-refractivity contribution in [2.75, 3.05) is 0 Å². The minimum absolute atomic E-state index is 1.43. The Labute approximate surface area is 108 Å². The van der Waals surface area contributed by atoms with Gasteiger partial charge in [0.15, 0.2) is 8.32 Å². The lowest BCUT2D eigenvalue weighted by molar-refractivity contribution is 0.313. The van der Waals surface area contributed by atoms with E-state index in [9.17, 15) is 0 Å². The molecule has 3 nitrogen and oxygen atoms in total. The first kappa shape index (κ1) is 16.6. The summed E-state index contributed by atoms with van der Waals surface area (Å²) in [7, 11) is -6.53. The van der Waals surface area contributed by atoms with Crippen LogP contribution < -0.4 is 0 Å². The molecule has 0 aliphatic carbocycles. The van der Waals surface area contributed by atoms with Crippen LogP contribution in [0.2, 0.25) is 32.7 Å². The van der Waals surface area contributed by atoms with Crippen LogP contribution in [0.4, 0.5) is 0 Å².